The molecule has 2 aromatic carbocycles. The molecule has 3 atom stereocenters. The van der Waals surface area contributed by atoms with Gasteiger partial charge in [-0.3, -0.25) is 4.79 Å². The van der Waals surface area contributed by atoms with Gasteiger partial charge in [-0.25, -0.2) is 0 Å². The highest BCUT2D eigenvalue weighted by Gasteiger charge is 2.66. The molecular formula is C21H22O3. The van der Waals surface area contributed by atoms with E-state index in [2.05, 4.69) is 6.92 Å². The Labute approximate surface area is 142 Å². The Kier molecular flexibility index (Phi) is 4.43. The van der Waals surface area contributed by atoms with Gasteiger partial charge in [-0.1, -0.05) is 61.5 Å². The van der Waals surface area contributed by atoms with Crippen molar-refractivity contribution in [1.29, 1.82) is 0 Å². The van der Waals surface area contributed by atoms with Gasteiger partial charge < -0.3 is 9.47 Å². The lowest BCUT2D eigenvalue weighted by Crippen LogP contribution is -2.18. The van der Waals surface area contributed by atoms with Crippen LogP contribution in [0.4, 0.5) is 0 Å². The summed E-state index contributed by atoms with van der Waals surface area (Å²) in [6, 6.07) is 17.9. The summed E-state index contributed by atoms with van der Waals surface area (Å²) in [5.74, 6) is 0.952. The van der Waals surface area contributed by atoms with Crippen molar-refractivity contribution in [3.63, 3.8) is 0 Å². The minimum absolute atomic E-state index is 0.121. The molecular weight excluding hydrogens is 300 g/mol. The van der Waals surface area contributed by atoms with Crippen molar-refractivity contribution in [1.82, 2.24) is 0 Å². The average molecular weight is 322 g/mol. The first-order valence-electron chi connectivity index (χ1n) is 8.10. The molecule has 0 aromatic heterocycles. The maximum absolute atomic E-state index is 12.5. The third kappa shape index (κ3) is 2.71. The van der Waals surface area contributed by atoms with Crippen LogP contribution in [0.1, 0.15) is 24.0 Å². The molecule has 1 saturated carbocycles. The number of hydrogen-bond acceptors (Lipinski definition) is 3. The summed E-state index contributed by atoms with van der Waals surface area (Å²) in [5, 5.41) is 0. The molecule has 0 unspecified atom stereocenters. The van der Waals surface area contributed by atoms with Crippen molar-refractivity contribution in [2.45, 2.75) is 12.8 Å². The number of carbonyl (C=O) groups excluding carboxylic acids is 1. The third-order valence-corrected chi connectivity index (χ3v) is 5.02. The molecule has 1 aliphatic carbocycles. The van der Waals surface area contributed by atoms with Gasteiger partial charge in [-0.05, 0) is 29.2 Å². The first-order valence-corrected chi connectivity index (χ1v) is 8.10. The van der Waals surface area contributed by atoms with Crippen molar-refractivity contribution in [2.24, 2.45) is 11.3 Å². The van der Waals surface area contributed by atoms with E-state index in [-0.39, 0.29) is 17.8 Å². The zero-order valence-electron chi connectivity index (χ0n) is 14.2. The first kappa shape index (κ1) is 16.3. The fraction of sp³-hybridized carbons (Fsp3) is 0.286. The standard InChI is InChI=1S/C21H22O3/c1-15-19(17-9-11-18(23-2)12-10-17)21(15,20(22)24-3)14-13-16-7-5-4-6-8-16/h4-15,19H,1-3H3/b14-13+/t15-,19+,21-/m0/s1. The lowest BCUT2D eigenvalue weighted by atomic mass is 9.97. The molecule has 1 fully saturated rings. The predicted octanol–water partition coefficient (Wildman–Crippen LogP) is 4.30. The Morgan fingerprint density at radius 3 is 2.29 bits per heavy atom. The summed E-state index contributed by atoms with van der Waals surface area (Å²) < 4.78 is 10.3. The highest BCUT2D eigenvalue weighted by Crippen LogP contribution is 2.66. The first-order chi connectivity index (χ1) is 11.6. The molecule has 0 bridgehead atoms. The quantitative estimate of drug-likeness (QED) is 0.770. The number of hydrogen-bond donors (Lipinski definition) is 0. The second-order valence-corrected chi connectivity index (χ2v) is 6.21. The minimum Gasteiger partial charge on any atom is -0.497 e. The van der Waals surface area contributed by atoms with E-state index in [0.29, 0.717) is 0 Å². The number of rotatable bonds is 5. The molecule has 24 heavy (non-hydrogen) atoms. The minimum atomic E-state index is -0.598. The largest absolute Gasteiger partial charge is 0.497 e. The molecule has 124 valence electrons. The molecule has 2 aromatic rings. The monoisotopic (exact) mass is 322 g/mol. The number of benzene rings is 2. The van der Waals surface area contributed by atoms with Crippen LogP contribution < -0.4 is 4.74 Å². The predicted molar refractivity (Wildman–Crippen MR) is 94.8 cm³/mol. The smallest absolute Gasteiger partial charge is 0.316 e. The fourth-order valence-electron chi connectivity index (χ4n) is 3.57. The maximum Gasteiger partial charge on any atom is 0.316 e. The molecule has 0 spiro atoms. The van der Waals surface area contributed by atoms with Crippen LogP contribution in [0.25, 0.3) is 6.08 Å². The fourth-order valence-corrected chi connectivity index (χ4v) is 3.57. The molecule has 0 heterocycles. The van der Waals surface area contributed by atoms with Crippen molar-refractivity contribution in [3.05, 3.63) is 71.8 Å². The summed E-state index contributed by atoms with van der Waals surface area (Å²) in [5.41, 5.74) is 1.61. The van der Waals surface area contributed by atoms with Crippen molar-refractivity contribution < 1.29 is 14.3 Å². The number of ether oxygens (including phenoxy) is 2. The Morgan fingerprint density at radius 1 is 1.04 bits per heavy atom. The zero-order valence-corrected chi connectivity index (χ0v) is 14.2. The van der Waals surface area contributed by atoms with Gasteiger partial charge in [-0.15, -0.1) is 0 Å². The zero-order chi connectivity index (χ0) is 17.2. The van der Waals surface area contributed by atoms with Crippen LogP contribution in [-0.2, 0) is 9.53 Å². The summed E-state index contributed by atoms with van der Waals surface area (Å²) in [6.07, 6.45) is 4.02. The third-order valence-electron chi connectivity index (χ3n) is 5.02. The van der Waals surface area contributed by atoms with Crippen LogP contribution in [0.15, 0.2) is 60.7 Å². The second-order valence-electron chi connectivity index (χ2n) is 6.21. The normalized spacial score (nSPS) is 25.5. The van der Waals surface area contributed by atoms with Crippen LogP contribution in [0, 0.1) is 11.3 Å². The molecule has 0 amide bonds. The molecule has 1 aliphatic rings. The summed E-state index contributed by atoms with van der Waals surface area (Å²) in [4.78, 5) is 12.5. The lowest BCUT2D eigenvalue weighted by molar-refractivity contribution is -0.145. The van der Waals surface area contributed by atoms with Crippen molar-refractivity contribution >= 4 is 12.0 Å². The van der Waals surface area contributed by atoms with Gasteiger partial charge in [-0.2, -0.15) is 0 Å². The Balaban J connectivity index is 1.92. The highest BCUT2D eigenvalue weighted by atomic mass is 16.5. The number of methoxy groups -OCH3 is 2. The van der Waals surface area contributed by atoms with Crippen LogP contribution in [0.2, 0.25) is 0 Å². The summed E-state index contributed by atoms with van der Waals surface area (Å²) >= 11 is 0. The topological polar surface area (TPSA) is 35.5 Å². The van der Waals surface area contributed by atoms with E-state index in [1.807, 2.05) is 66.7 Å². The van der Waals surface area contributed by atoms with E-state index in [0.717, 1.165) is 16.9 Å². The molecule has 3 heteroatoms. The van der Waals surface area contributed by atoms with Crippen LogP contribution in [0.5, 0.6) is 5.75 Å². The van der Waals surface area contributed by atoms with E-state index in [1.165, 1.54) is 7.11 Å². The molecule has 0 aliphatic heterocycles. The van der Waals surface area contributed by atoms with Crippen LogP contribution in [0.3, 0.4) is 0 Å². The molecule has 3 rings (SSSR count). The van der Waals surface area contributed by atoms with Gasteiger partial charge >= 0.3 is 5.97 Å². The van der Waals surface area contributed by atoms with Gasteiger partial charge in [0.15, 0.2) is 0 Å². The van der Waals surface area contributed by atoms with Gasteiger partial charge in [0.2, 0.25) is 0 Å². The highest BCUT2D eigenvalue weighted by molar-refractivity contribution is 5.87. The lowest BCUT2D eigenvalue weighted by Gasteiger charge is -2.11. The van der Waals surface area contributed by atoms with Crippen molar-refractivity contribution in [2.75, 3.05) is 14.2 Å². The van der Waals surface area contributed by atoms with E-state index in [4.69, 9.17) is 9.47 Å². The Bertz CT molecular complexity index is 733. The van der Waals surface area contributed by atoms with Crippen molar-refractivity contribution in [3.8, 4) is 5.75 Å². The summed E-state index contributed by atoms with van der Waals surface area (Å²) in [6.45, 7) is 2.10. The van der Waals surface area contributed by atoms with Gasteiger partial charge in [0.1, 0.15) is 5.75 Å². The Hall–Kier alpha value is -2.55. The molecule has 3 nitrogen and oxygen atoms in total. The molecule has 0 saturated heterocycles. The second kappa shape index (κ2) is 6.52. The van der Waals surface area contributed by atoms with Crippen LogP contribution in [-0.4, -0.2) is 20.2 Å². The van der Waals surface area contributed by atoms with Crippen LogP contribution >= 0.6 is 0 Å². The van der Waals surface area contributed by atoms with Gasteiger partial charge in [0.25, 0.3) is 0 Å². The SMILES string of the molecule is COC(=O)[C@@]1(/C=C/c2ccccc2)[C@@H](C)[C@@H]1c1ccc(OC)cc1. The van der Waals surface area contributed by atoms with Gasteiger partial charge in [0, 0.05) is 5.92 Å². The van der Waals surface area contributed by atoms with E-state index >= 15 is 0 Å². The van der Waals surface area contributed by atoms with E-state index < -0.39 is 5.41 Å². The Morgan fingerprint density at radius 2 is 1.71 bits per heavy atom. The number of esters is 1. The van der Waals surface area contributed by atoms with Gasteiger partial charge in [0.05, 0.1) is 19.6 Å². The van der Waals surface area contributed by atoms with E-state index in [9.17, 15) is 4.79 Å². The average Bonchev–Trinajstić information content (AvgIpc) is 3.25. The molecule has 0 radical (unpaired) electrons. The summed E-state index contributed by atoms with van der Waals surface area (Å²) in [7, 11) is 3.10. The molecule has 0 N–H and O–H groups in total. The maximum atomic E-state index is 12.5. The number of carbonyl (C=O) groups is 1. The van der Waals surface area contributed by atoms with E-state index in [1.54, 1.807) is 7.11 Å².